The van der Waals surface area contributed by atoms with Crippen LogP contribution in [0.15, 0.2) is 60.0 Å². The number of hydrogen-bond donors (Lipinski definition) is 1. The van der Waals surface area contributed by atoms with Crippen LogP contribution < -0.4 is 10.2 Å². The number of halogens is 2. The fourth-order valence-electron chi connectivity index (χ4n) is 3.49. The fourth-order valence-corrected chi connectivity index (χ4v) is 4.82. The molecule has 3 nitrogen and oxygen atoms in total. The number of fused-ring (bicyclic) bond motifs is 1. The van der Waals surface area contributed by atoms with E-state index in [1.54, 1.807) is 29.5 Å². The topological polar surface area (TPSA) is 32.3 Å². The van der Waals surface area contributed by atoms with E-state index in [-0.39, 0.29) is 11.9 Å². The van der Waals surface area contributed by atoms with Gasteiger partial charge in [0.05, 0.1) is 16.6 Å². The number of benzene rings is 2. The maximum atomic E-state index is 12.7. The number of thiophene rings is 1. The van der Waals surface area contributed by atoms with E-state index in [9.17, 15) is 4.79 Å². The van der Waals surface area contributed by atoms with E-state index in [2.05, 4.69) is 45.9 Å². The minimum absolute atomic E-state index is 0.0867. The number of carbonyl (C=O) groups excluding carboxylic acids is 1. The summed E-state index contributed by atoms with van der Waals surface area (Å²) in [5.41, 5.74) is 3.04. The smallest absolute Gasteiger partial charge is 0.252 e. The molecule has 0 fully saturated rings. The molecule has 1 amide bonds. The van der Waals surface area contributed by atoms with Crippen LogP contribution in [-0.2, 0) is 6.42 Å². The molecule has 2 aromatic carbocycles. The van der Waals surface area contributed by atoms with Crippen molar-refractivity contribution < 1.29 is 4.79 Å². The van der Waals surface area contributed by atoms with Crippen molar-refractivity contribution in [1.29, 1.82) is 0 Å². The molecule has 0 radical (unpaired) electrons. The molecule has 0 unspecified atom stereocenters. The van der Waals surface area contributed by atoms with Crippen LogP contribution >= 0.6 is 34.5 Å². The molecule has 0 spiro atoms. The Morgan fingerprint density at radius 3 is 2.78 bits per heavy atom. The van der Waals surface area contributed by atoms with Gasteiger partial charge in [-0.3, -0.25) is 4.79 Å². The second-order valence-corrected chi connectivity index (χ2v) is 8.26. The maximum absolute atomic E-state index is 12.7. The Balaban J connectivity index is 1.56. The predicted molar refractivity (Wildman–Crippen MR) is 113 cm³/mol. The standard InChI is InChI=1S/C21H18Cl2N2OS/c22-15-7-8-16(17(23)12-15)21(26)24-13-19(20-6-3-11-27-20)25-10-9-14-4-1-2-5-18(14)25/h1-8,11-12,19H,9-10,13H2,(H,24,26)/t19-/m0/s1. The van der Waals surface area contributed by atoms with Crippen molar-refractivity contribution in [3.63, 3.8) is 0 Å². The Morgan fingerprint density at radius 1 is 1.15 bits per heavy atom. The second kappa shape index (κ2) is 7.93. The lowest BCUT2D eigenvalue weighted by atomic mass is 10.1. The number of nitrogens with one attached hydrogen (secondary N) is 1. The van der Waals surface area contributed by atoms with Crippen LogP contribution in [0.25, 0.3) is 0 Å². The number of carbonyl (C=O) groups is 1. The normalized spacial score (nSPS) is 14.1. The molecular formula is C21H18Cl2N2OS. The van der Waals surface area contributed by atoms with Crippen LogP contribution in [0.4, 0.5) is 5.69 Å². The van der Waals surface area contributed by atoms with Crippen LogP contribution in [0.5, 0.6) is 0 Å². The van der Waals surface area contributed by atoms with Crippen LogP contribution in [0, 0.1) is 0 Å². The number of rotatable bonds is 5. The lowest BCUT2D eigenvalue weighted by Gasteiger charge is -2.30. The molecule has 6 heteroatoms. The summed E-state index contributed by atoms with van der Waals surface area (Å²) in [5, 5.41) is 6.00. The first-order chi connectivity index (χ1) is 13.1. The lowest BCUT2D eigenvalue weighted by Crippen LogP contribution is -2.37. The van der Waals surface area contributed by atoms with Crippen LogP contribution in [0.1, 0.15) is 26.8 Å². The van der Waals surface area contributed by atoms with E-state index in [1.165, 1.54) is 16.1 Å². The van der Waals surface area contributed by atoms with Gasteiger partial charge in [0, 0.05) is 28.7 Å². The summed E-state index contributed by atoms with van der Waals surface area (Å²) in [4.78, 5) is 16.3. The number of nitrogens with zero attached hydrogens (tertiary/aromatic N) is 1. The van der Waals surface area contributed by atoms with Crippen molar-refractivity contribution in [1.82, 2.24) is 5.32 Å². The van der Waals surface area contributed by atoms with E-state index < -0.39 is 0 Å². The van der Waals surface area contributed by atoms with Crippen molar-refractivity contribution in [3.8, 4) is 0 Å². The molecule has 27 heavy (non-hydrogen) atoms. The van der Waals surface area contributed by atoms with Crippen molar-refractivity contribution >= 4 is 46.1 Å². The van der Waals surface area contributed by atoms with Crippen LogP contribution in [0.2, 0.25) is 10.0 Å². The first kappa shape index (κ1) is 18.4. The SMILES string of the molecule is O=C(NC[C@@H](c1cccs1)N1CCc2ccccc21)c1ccc(Cl)cc1Cl. The molecule has 1 aromatic heterocycles. The fraction of sp³-hybridized carbons (Fsp3) is 0.190. The van der Waals surface area contributed by atoms with Gasteiger partial charge in [-0.2, -0.15) is 0 Å². The zero-order chi connectivity index (χ0) is 18.8. The molecule has 1 N–H and O–H groups in total. The van der Waals surface area contributed by atoms with E-state index >= 15 is 0 Å². The van der Waals surface area contributed by atoms with E-state index in [0.717, 1.165) is 13.0 Å². The Kier molecular flexibility index (Phi) is 5.39. The van der Waals surface area contributed by atoms with Crippen molar-refractivity contribution in [2.45, 2.75) is 12.5 Å². The van der Waals surface area contributed by atoms with Gasteiger partial charge in [0.25, 0.3) is 5.91 Å². The summed E-state index contributed by atoms with van der Waals surface area (Å²) in [6.07, 6.45) is 1.02. The van der Waals surface area contributed by atoms with Crippen LogP contribution in [-0.4, -0.2) is 19.0 Å². The molecule has 4 rings (SSSR count). The first-order valence-electron chi connectivity index (χ1n) is 8.74. The third-order valence-corrected chi connectivity index (χ3v) is 6.32. The molecular weight excluding hydrogens is 399 g/mol. The first-order valence-corrected chi connectivity index (χ1v) is 10.4. The monoisotopic (exact) mass is 416 g/mol. The van der Waals surface area contributed by atoms with E-state index in [1.807, 2.05) is 6.07 Å². The van der Waals surface area contributed by atoms with Gasteiger partial charge in [0.15, 0.2) is 0 Å². The summed E-state index contributed by atoms with van der Waals surface area (Å²) in [6.45, 7) is 1.45. The lowest BCUT2D eigenvalue weighted by molar-refractivity contribution is 0.0951. The van der Waals surface area contributed by atoms with Gasteiger partial charge in [-0.1, -0.05) is 47.5 Å². The summed E-state index contributed by atoms with van der Waals surface area (Å²) >= 11 is 13.8. The van der Waals surface area contributed by atoms with Gasteiger partial charge in [0.2, 0.25) is 0 Å². The molecule has 1 aliphatic heterocycles. The van der Waals surface area contributed by atoms with Gasteiger partial charge in [-0.15, -0.1) is 11.3 Å². The molecule has 0 saturated heterocycles. The Labute approximate surface area is 172 Å². The predicted octanol–water partition coefficient (Wildman–Crippen LogP) is 5.59. The zero-order valence-electron chi connectivity index (χ0n) is 14.5. The van der Waals surface area contributed by atoms with E-state index in [4.69, 9.17) is 23.2 Å². The third-order valence-electron chi connectivity index (χ3n) is 4.80. The average Bonchev–Trinajstić information content (AvgIpc) is 3.32. The molecule has 0 aliphatic carbocycles. The van der Waals surface area contributed by atoms with Crippen LogP contribution in [0.3, 0.4) is 0 Å². The van der Waals surface area contributed by atoms with Crippen molar-refractivity contribution in [3.05, 3.63) is 86.0 Å². The van der Waals surface area contributed by atoms with Crippen molar-refractivity contribution in [2.75, 3.05) is 18.0 Å². The van der Waals surface area contributed by atoms with Gasteiger partial charge in [0.1, 0.15) is 0 Å². The molecule has 0 bridgehead atoms. The quantitative estimate of drug-likeness (QED) is 0.587. The van der Waals surface area contributed by atoms with E-state index in [0.29, 0.717) is 22.2 Å². The van der Waals surface area contributed by atoms with Gasteiger partial charge in [-0.05, 0) is 47.7 Å². The molecule has 3 aromatic rings. The number of para-hydroxylation sites is 1. The summed E-state index contributed by atoms with van der Waals surface area (Å²) in [5.74, 6) is -0.189. The zero-order valence-corrected chi connectivity index (χ0v) is 16.8. The number of anilines is 1. The molecule has 1 atom stereocenters. The highest BCUT2D eigenvalue weighted by molar-refractivity contribution is 7.10. The van der Waals surface area contributed by atoms with Gasteiger partial charge < -0.3 is 10.2 Å². The highest BCUT2D eigenvalue weighted by Crippen LogP contribution is 2.36. The Morgan fingerprint density at radius 2 is 2.00 bits per heavy atom. The summed E-state index contributed by atoms with van der Waals surface area (Å²) < 4.78 is 0. The highest BCUT2D eigenvalue weighted by Gasteiger charge is 2.28. The Hall–Kier alpha value is -2.01. The average molecular weight is 417 g/mol. The minimum atomic E-state index is -0.189. The summed E-state index contributed by atoms with van der Waals surface area (Å²) in [7, 11) is 0. The highest BCUT2D eigenvalue weighted by atomic mass is 35.5. The van der Waals surface area contributed by atoms with Gasteiger partial charge >= 0.3 is 0 Å². The molecule has 1 aliphatic rings. The van der Waals surface area contributed by atoms with Gasteiger partial charge in [-0.25, -0.2) is 0 Å². The maximum Gasteiger partial charge on any atom is 0.252 e. The number of amides is 1. The Bertz CT molecular complexity index is 959. The minimum Gasteiger partial charge on any atom is -0.361 e. The third kappa shape index (κ3) is 3.84. The molecule has 138 valence electrons. The summed E-state index contributed by atoms with van der Waals surface area (Å²) in [6, 6.07) is 17.6. The molecule has 2 heterocycles. The second-order valence-electron chi connectivity index (χ2n) is 6.44. The number of hydrogen-bond acceptors (Lipinski definition) is 3. The molecule has 0 saturated carbocycles. The van der Waals surface area contributed by atoms with Crippen molar-refractivity contribution in [2.24, 2.45) is 0 Å². The largest absolute Gasteiger partial charge is 0.361 e.